The Kier molecular flexibility index (Phi) is 2.74. The van der Waals surface area contributed by atoms with Gasteiger partial charge in [-0.25, -0.2) is 4.98 Å². The SMILES string of the molecule is O=[N+]([O-])c1cnc(C(F)(F)F)c(Br)c1. The van der Waals surface area contributed by atoms with Gasteiger partial charge in [0.25, 0.3) is 5.69 Å². The molecule has 1 aromatic heterocycles. The van der Waals surface area contributed by atoms with Crippen LogP contribution in [-0.2, 0) is 6.18 Å². The maximum Gasteiger partial charge on any atom is 0.434 e. The van der Waals surface area contributed by atoms with Gasteiger partial charge < -0.3 is 0 Å². The number of nitrogens with zero attached hydrogens (tertiary/aromatic N) is 2. The first kappa shape index (κ1) is 10.9. The minimum atomic E-state index is -4.62. The quantitative estimate of drug-likeness (QED) is 0.582. The molecule has 0 aliphatic carbocycles. The highest BCUT2D eigenvalue weighted by molar-refractivity contribution is 9.10. The predicted molar refractivity (Wildman–Crippen MR) is 43.6 cm³/mol. The molecule has 0 aromatic carbocycles. The van der Waals surface area contributed by atoms with E-state index in [0.29, 0.717) is 6.20 Å². The molecular weight excluding hydrogens is 269 g/mol. The van der Waals surface area contributed by atoms with Crippen molar-refractivity contribution in [3.8, 4) is 0 Å². The second-order valence-corrected chi connectivity index (χ2v) is 3.13. The number of nitro groups is 1. The van der Waals surface area contributed by atoms with Crippen molar-refractivity contribution in [1.29, 1.82) is 0 Å². The van der Waals surface area contributed by atoms with Gasteiger partial charge in [-0.05, 0) is 15.9 Å². The van der Waals surface area contributed by atoms with Crippen molar-refractivity contribution in [3.05, 3.63) is 32.5 Å². The Morgan fingerprint density at radius 2 is 2.07 bits per heavy atom. The van der Waals surface area contributed by atoms with Gasteiger partial charge in [0, 0.05) is 6.07 Å². The van der Waals surface area contributed by atoms with Crippen LogP contribution in [0.5, 0.6) is 0 Å². The Bertz CT molecular complexity index is 380. The smallest absolute Gasteiger partial charge is 0.258 e. The van der Waals surface area contributed by atoms with Gasteiger partial charge in [-0.1, -0.05) is 0 Å². The second kappa shape index (κ2) is 3.52. The topological polar surface area (TPSA) is 56.0 Å². The minimum absolute atomic E-state index is 0.445. The fourth-order valence-electron chi connectivity index (χ4n) is 0.736. The van der Waals surface area contributed by atoms with Gasteiger partial charge in [0.2, 0.25) is 0 Å². The lowest BCUT2D eigenvalue weighted by Gasteiger charge is -2.06. The van der Waals surface area contributed by atoms with E-state index >= 15 is 0 Å². The van der Waals surface area contributed by atoms with Crippen LogP contribution in [-0.4, -0.2) is 9.91 Å². The van der Waals surface area contributed by atoms with E-state index in [4.69, 9.17) is 0 Å². The number of hydrogen-bond acceptors (Lipinski definition) is 3. The van der Waals surface area contributed by atoms with Gasteiger partial charge in [0.15, 0.2) is 5.69 Å². The van der Waals surface area contributed by atoms with Gasteiger partial charge in [-0.3, -0.25) is 10.1 Å². The van der Waals surface area contributed by atoms with E-state index in [2.05, 4.69) is 20.9 Å². The third-order valence-electron chi connectivity index (χ3n) is 1.31. The van der Waals surface area contributed by atoms with Gasteiger partial charge in [0.05, 0.1) is 9.40 Å². The van der Waals surface area contributed by atoms with E-state index in [-0.39, 0.29) is 0 Å². The normalized spacial score (nSPS) is 11.4. The van der Waals surface area contributed by atoms with E-state index in [9.17, 15) is 23.3 Å². The summed E-state index contributed by atoms with van der Waals surface area (Å²) in [6, 6.07) is 0.760. The highest BCUT2D eigenvalue weighted by Crippen LogP contribution is 2.34. The summed E-state index contributed by atoms with van der Waals surface area (Å²) in [7, 11) is 0. The lowest BCUT2D eigenvalue weighted by Crippen LogP contribution is -2.09. The maximum absolute atomic E-state index is 12.1. The van der Waals surface area contributed by atoms with E-state index in [1.165, 1.54) is 0 Å². The van der Waals surface area contributed by atoms with Gasteiger partial charge >= 0.3 is 6.18 Å². The van der Waals surface area contributed by atoms with Crippen molar-refractivity contribution < 1.29 is 18.1 Å². The molecule has 0 saturated heterocycles. The van der Waals surface area contributed by atoms with Crippen molar-refractivity contribution in [2.45, 2.75) is 6.18 Å². The summed E-state index contributed by atoms with van der Waals surface area (Å²) in [6.07, 6.45) is -4.05. The molecule has 0 spiro atoms. The molecule has 1 aromatic rings. The number of alkyl halides is 3. The standard InChI is InChI=1S/C6H2BrF3N2O2/c7-4-1-3(12(13)14)2-11-5(4)6(8,9)10/h1-2H. The van der Waals surface area contributed by atoms with Crippen molar-refractivity contribution in [2.75, 3.05) is 0 Å². The molecular formula is C6H2BrF3N2O2. The lowest BCUT2D eigenvalue weighted by atomic mass is 10.3. The zero-order valence-electron chi connectivity index (χ0n) is 6.38. The monoisotopic (exact) mass is 270 g/mol. The number of pyridine rings is 1. The molecule has 0 saturated carbocycles. The molecule has 8 heteroatoms. The molecule has 76 valence electrons. The van der Waals surface area contributed by atoms with Crippen LogP contribution >= 0.6 is 15.9 Å². The average molecular weight is 271 g/mol. The minimum Gasteiger partial charge on any atom is -0.258 e. The van der Waals surface area contributed by atoms with Crippen molar-refractivity contribution in [3.63, 3.8) is 0 Å². The third-order valence-corrected chi connectivity index (χ3v) is 1.91. The second-order valence-electron chi connectivity index (χ2n) is 2.28. The van der Waals surface area contributed by atoms with Gasteiger partial charge in [0.1, 0.15) is 6.20 Å². The van der Waals surface area contributed by atoms with Gasteiger partial charge in [-0.2, -0.15) is 13.2 Å². The van der Waals surface area contributed by atoms with E-state index < -0.39 is 27.0 Å². The van der Waals surface area contributed by atoms with Crippen molar-refractivity contribution in [2.24, 2.45) is 0 Å². The van der Waals surface area contributed by atoms with Crippen LogP contribution in [0.25, 0.3) is 0 Å². The van der Waals surface area contributed by atoms with Crippen LogP contribution in [0.3, 0.4) is 0 Å². The zero-order valence-corrected chi connectivity index (χ0v) is 7.96. The molecule has 1 heterocycles. The molecule has 1 rings (SSSR count). The highest BCUT2D eigenvalue weighted by Gasteiger charge is 2.35. The lowest BCUT2D eigenvalue weighted by molar-refractivity contribution is -0.385. The number of aromatic nitrogens is 1. The molecule has 0 N–H and O–H groups in total. The number of rotatable bonds is 1. The summed E-state index contributed by atoms with van der Waals surface area (Å²) in [5.41, 5.74) is -1.67. The molecule has 0 aliphatic rings. The summed E-state index contributed by atoms with van der Waals surface area (Å²) in [5.74, 6) is 0. The predicted octanol–water partition coefficient (Wildman–Crippen LogP) is 2.77. The Balaban J connectivity index is 3.21. The molecule has 0 bridgehead atoms. The summed E-state index contributed by atoms with van der Waals surface area (Å²) >= 11 is 2.56. The largest absolute Gasteiger partial charge is 0.434 e. The van der Waals surface area contributed by atoms with E-state index in [1.807, 2.05) is 0 Å². The van der Waals surface area contributed by atoms with E-state index in [0.717, 1.165) is 6.07 Å². The number of halogens is 4. The third kappa shape index (κ3) is 2.19. The Morgan fingerprint density at radius 3 is 2.43 bits per heavy atom. The van der Waals surface area contributed by atoms with Crippen LogP contribution in [0.4, 0.5) is 18.9 Å². The first-order valence-corrected chi connectivity index (χ1v) is 3.99. The Hall–Kier alpha value is -1.18. The van der Waals surface area contributed by atoms with Crippen LogP contribution in [0, 0.1) is 10.1 Å². The van der Waals surface area contributed by atoms with Crippen LogP contribution < -0.4 is 0 Å². The fourth-order valence-corrected chi connectivity index (χ4v) is 1.30. The van der Waals surface area contributed by atoms with Crippen LogP contribution in [0.1, 0.15) is 5.69 Å². The Labute approximate surface area is 84.0 Å². The van der Waals surface area contributed by atoms with Crippen molar-refractivity contribution >= 4 is 21.6 Å². The molecule has 0 fully saturated rings. The van der Waals surface area contributed by atoms with Crippen molar-refractivity contribution in [1.82, 2.24) is 4.98 Å². The molecule has 0 unspecified atom stereocenters. The summed E-state index contributed by atoms with van der Waals surface area (Å²) in [6.45, 7) is 0. The molecule has 14 heavy (non-hydrogen) atoms. The summed E-state index contributed by atoms with van der Waals surface area (Å²) < 4.78 is 35.9. The molecule has 0 amide bonds. The highest BCUT2D eigenvalue weighted by atomic mass is 79.9. The average Bonchev–Trinajstić information content (AvgIpc) is 2.01. The van der Waals surface area contributed by atoms with Crippen LogP contribution in [0.15, 0.2) is 16.7 Å². The van der Waals surface area contributed by atoms with Gasteiger partial charge in [-0.15, -0.1) is 0 Å². The Morgan fingerprint density at radius 1 is 1.50 bits per heavy atom. The first-order valence-electron chi connectivity index (χ1n) is 3.19. The summed E-state index contributed by atoms with van der Waals surface area (Å²) in [4.78, 5) is 12.3. The van der Waals surface area contributed by atoms with Crippen LogP contribution in [0.2, 0.25) is 0 Å². The summed E-state index contributed by atoms with van der Waals surface area (Å²) in [5, 5.41) is 10.2. The molecule has 0 radical (unpaired) electrons. The molecule has 0 atom stereocenters. The first-order chi connectivity index (χ1) is 6.32. The molecule has 0 aliphatic heterocycles. The molecule has 4 nitrogen and oxygen atoms in total. The zero-order chi connectivity index (χ0) is 10.9. The number of hydrogen-bond donors (Lipinski definition) is 0. The maximum atomic E-state index is 12.1. The van der Waals surface area contributed by atoms with E-state index in [1.54, 1.807) is 0 Å². The fraction of sp³-hybridized carbons (Fsp3) is 0.167.